The maximum Gasteiger partial charge on any atom is 0.0663 e. The van der Waals surface area contributed by atoms with Gasteiger partial charge < -0.3 is 5.32 Å². The van der Waals surface area contributed by atoms with Crippen LogP contribution in [0.4, 0.5) is 0 Å². The number of aryl methyl sites for hydroxylation is 1. The highest BCUT2D eigenvalue weighted by molar-refractivity contribution is 5.33. The summed E-state index contributed by atoms with van der Waals surface area (Å²) in [5.41, 5.74) is 3.61. The van der Waals surface area contributed by atoms with Crippen molar-refractivity contribution in [3.63, 3.8) is 0 Å². The highest BCUT2D eigenvalue weighted by atomic mass is 15.3. The highest BCUT2D eigenvalue weighted by Gasteiger charge is 2.19. The summed E-state index contributed by atoms with van der Waals surface area (Å²) in [4.78, 5) is 0. The first-order valence-electron chi connectivity index (χ1n) is 6.67. The molecule has 3 rings (SSSR count). The maximum atomic E-state index is 4.79. The highest BCUT2D eigenvalue weighted by Crippen LogP contribution is 2.25. The minimum Gasteiger partial charge on any atom is -0.317 e. The topological polar surface area (TPSA) is 29.9 Å². The number of hydrogen-bond donors (Lipinski definition) is 1. The molecule has 0 atom stereocenters. The predicted octanol–water partition coefficient (Wildman–Crippen LogP) is 2.65. The molecule has 3 heteroatoms. The summed E-state index contributed by atoms with van der Waals surface area (Å²) in [6.45, 7) is 4.36. The van der Waals surface area contributed by atoms with Gasteiger partial charge >= 0.3 is 0 Å². The minimum atomic E-state index is 0.620. The average Bonchev–Trinajstić information content (AvgIpc) is 2.83. The SMILES string of the molecule is Cc1cc(C2CCNCC2)nn1-c1ccccc1. The van der Waals surface area contributed by atoms with E-state index in [1.54, 1.807) is 0 Å². The van der Waals surface area contributed by atoms with E-state index in [1.807, 2.05) is 6.07 Å². The molecule has 3 nitrogen and oxygen atoms in total. The van der Waals surface area contributed by atoms with E-state index in [0.717, 1.165) is 18.8 Å². The van der Waals surface area contributed by atoms with Crippen LogP contribution in [0.2, 0.25) is 0 Å². The van der Waals surface area contributed by atoms with E-state index >= 15 is 0 Å². The van der Waals surface area contributed by atoms with Gasteiger partial charge in [-0.2, -0.15) is 5.10 Å². The van der Waals surface area contributed by atoms with Crippen molar-refractivity contribution in [3.8, 4) is 5.69 Å². The zero-order valence-corrected chi connectivity index (χ0v) is 10.8. The third kappa shape index (κ3) is 2.18. The van der Waals surface area contributed by atoms with Crippen LogP contribution in [0.1, 0.15) is 30.1 Å². The Labute approximate surface area is 108 Å². The second-order valence-corrected chi connectivity index (χ2v) is 4.98. The van der Waals surface area contributed by atoms with E-state index in [-0.39, 0.29) is 0 Å². The Balaban J connectivity index is 1.91. The standard InChI is InChI=1S/C15H19N3/c1-12-11-15(13-7-9-16-10-8-13)17-18(12)14-5-3-2-4-6-14/h2-6,11,13,16H,7-10H2,1H3. The number of nitrogens with one attached hydrogen (secondary N) is 1. The zero-order chi connectivity index (χ0) is 12.4. The Bertz CT molecular complexity index is 510. The van der Waals surface area contributed by atoms with Crippen molar-refractivity contribution >= 4 is 0 Å². The molecule has 1 aliphatic heterocycles. The summed E-state index contributed by atoms with van der Waals surface area (Å²) in [6, 6.07) is 12.6. The van der Waals surface area contributed by atoms with Crippen LogP contribution in [0.3, 0.4) is 0 Å². The second-order valence-electron chi connectivity index (χ2n) is 4.98. The number of rotatable bonds is 2. The van der Waals surface area contributed by atoms with Crippen molar-refractivity contribution in [3.05, 3.63) is 47.8 Å². The maximum absolute atomic E-state index is 4.79. The normalized spacial score (nSPS) is 16.9. The summed E-state index contributed by atoms with van der Waals surface area (Å²) < 4.78 is 2.05. The lowest BCUT2D eigenvalue weighted by Gasteiger charge is -2.20. The van der Waals surface area contributed by atoms with Gasteiger partial charge in [0.15, 0.2) is 0 Å². The fraction of sp³-hybridized carbons (Fsp3) is 0.400. The van der Waals surface area contributed by atoms with Crippen LogP contribution in [0.15, 0.2) is 36.4 Å². The fourth-order valence-corrected chi connectivity index (χ4v) is 2.65. The third-order valence-corrected chi connectivity index (χ3v) is 3.66. The lowest BCUT2D eigenvalue weighted by molar-refractivity contribution is 0.451. The Morgan fingerprint density at radius 1 is 1.17 bits per heavy atom. The van der Waals surface area contributed by atoms with Crippen molar-refractivity contribution in [2.45, 2.75) is 25.7 Å². The molecule has 2 heterocycles. The molecule has 94 valence electrons. The summed E-state index contributed by atoms with van der Waals surface area (Å²) >= 11 is 0. The lowest BCUT2D eigenvalue weighted by atomic mass is 9.95. The minimum absolute atomic E-state index is 0.620. The van der Waals surface area contributed by atoms with Crippen LogP contribution < -0.4 is 5.32 Å². The molecular formula is C15H19N3. The Hall–Kier alpha value is -1.61. The van der Waals surface area contributed by atoms with Crippen molar-refractivity contribution in [2.24, 2.45) is 0 Å². The van der Waals surface area contributed by atoms with E-state index in [1.165, 1.54) is 24.2 Å². The molecule has 1 aromatic carbocycles. The molecule has 0 saturated carbocycles. The van der Waals surface area contributed by atoms with E-state index in [4.69, 9.17) is 5.10 Å². The molecule has 18 heavy (non-hydrogen) atoms. The van der Waals surface area contributed by atoms with Crippen LogP contribution in [-0.2, 0) is 0 Å². The molecule has 1 fully saturated rings. The summed E-state index contributed by atoms with van der Waals surface area (Å²) in [5, 5.41) is 8.20. The van der Waals surface area contributed by atoms with Crippen LogP contribution in [-0.4, -0.2) is 22.9 Å². The molecule has 0 aliphatic carbocycles. The van der Waals surface area contributed by atoms with Crippen LogP contribution in [0.25, 0.3) is 5.69 Å². The molecule has 0 unspecified atom stereocenters. The van der Waals surface area contributed by atoms with Gasteiger partial charge in [0.25, 0.3) is 0 Å². The quantitative estimate of drug-likeness (QED) is 0.876. The predicted molar refractivity (Wildman–Crippen MR) is 73.1 cm³/mol. The van der Waals surface area contributed by atoms with Gasteiger partial charge in [-0.3, -0.25) is 0 Å². The van der Waals surface area contributed by atoms with Crippen molar-refractivity contribution in [2.75, 3.05) is 13.1 Å². The van der Waals surface area contributed by atoms with Crippen LogP contribution in [0, 0.1) is 6.92 Å². The average molecular weight is 241 g/mol. The molecule has 0 spiro atoms. The molecule has 0 amide bonds. The van der Waals surface area contributed by atoms with Gasteiger partial charge in [0.2, 0.25) is 0 Å². The first-order chi connectivity index (χ1) is 8.84. The van der Waals surface area contributed by atoms with Gasteiger partial charge in [0.05, 0.1) is 11.4 Å². The fourth-order valence-electron chi connectivity index (χ4n) is 2.65. The summed E-state index contributed by atoms with van der Waals surface area (Å²) in [6.07, 6.45) is 2.40. The van der Waals surface area contributed by atoms with E-state index in [0.29, 0.717) is 5.92 Å². The van der Waals surface area contributed by atoms with Gasteiger partial charge in [-0.05, 0) is 51.1 Å². The smallest absolute Gasteiger partial charge is 0.0663 e. The summed E-state index contributed by atoms with van der Waals surface area (Å²) in [5.74, 6) is 0.620. The third-order valence-electron chi connectivity index (χ3n) is 3.66. The van der Waals surface area contributed by atoms with Gasteiger partial charge in [-0.1, -0.05) is 18.2 Å². The molecule has 1 aromatic heterocycles. The monoisotopic (exact) mass is 241 g/mol. The molecule has 0 radical (unpaired) electrons. The number of piperidine rings is 1. The number of hydrogen-bond acceptors (Lipinski definition) is 2. The molecular weight excluding hydrogens is 222 g/mol. The molecule has 1 N–H and O–H groups in total. The zero-order valence-electron chi connectivity index (χ0n) is 10.8. The second kappa shape index (κ2) is 4.94. The van der Waals surface area contributed by atoms with Gasteiger partial charge in [0.1, 0.15) is 0 Å². The Morgan fingerprint density at radius 3 is 2.61 bits per heavy atom. The van der Waals surface area contributed by atoms with E-state index in [2.05, 4.69) is 47.3 Å². The largest absolute Gasteiger partial charge is 0.317 e. The van der Waals surface area contributed by atoms with Gasteiger partial charge in [-0.15, -0.1) is 0 Å². The van der Waals surface area contributed by atoms with Gasteiger partial charge in [0, 0.05) is 11.6 Å². The Morgan fingerprint density at radius 2 is 1.89 bits per heavy atom. The molecule has 1 aliphatic rings. The molecule has 0 bridgehead atoms. The van der Waals surface area contributed by atoms with E-state index < -0.39 is 0 Å². The van der Waals surface area contributed by atoms with Gasteiger partial charge in [-0.25, -0.2) is 4.68 Å². The number of benzene rings is 1. The number of nitrogens with zero attached hydrogens (tertiary/aromatic N) is 2. The number of aromatic nitrogens is 2. The van der Waals surface area contributed by atoms with Crippen LogP contribution in [0.5, 0.6) is 0 Å². The van der Waals surface area contributed by atoms with Crippen molar-refractivity contribution in [1.29, 1.82) is 0 Å². The summed E-state index contributed by atoms with van der Waals surface area (Å²) in [7, 11) is 0. The van der Waals surface area contributed by atoms with Crippen LogP contribution >= 0.6 is 0 Å². The van der Waals surface area contributed by atoms with Crippen molar-refractivity contribution in [1.82, 2.24) is 15.1 Å². The van der Waals surface area contributed by atoms with Crippen molar-refractivity contribution < 1.29 is 0 Å². The molecule has 2 aromatic rings. The van der Waals surface area contributed by atoms with E-state index in [9.17, 15) is 0 Å². The first kappa shape index (κ1) is 11.5. The lowest BCUT2D eigenvalue weighted by Crippen LogP contribution is -2.26. The molecule has 1 saturated heterocycles. The Kier molecular flexibility index (Phi) is 3.15. The number of para-hydroxylation sites is 1. The first-order valence-corrected chi connectivity index (χ1v) is 6.67.